The second kappa shape index (κ2) is 5.85. The zero-order valence-corrected chi connectivity index (χ0v) is 12.4. The number of hydrogen-bond acceptors (Lipinski definition) is 4. The maximum atomic E-state index is 11.6. The highest BCUT2D eigenvalue weighted by molar-refractivity contribution is 5.94. The lowest BCUT2D eigenvalue weighted by molar-refractivity contribution is 0.0594. The monoisotopic (exact) mass is 293 g/mol. The van der Waals surface area contributed by atoms with Crippen molar-refractivity contribution >= 4 is 16.7 Å². The van der Waals surface area contributed by atoms with Gasteiger partial charge in [0.1, 0.15) is 17.2 Å². The van der Waals surface area contributed by atoms with Gasteiger partial charge < -0.3 is 9.47 Å². The van der Waals surface area contributed by atoms with E-state index in [2.05, 4.69) is 4.98 Å². The molecule has 0 bridgehead atoms. The average Bonchev–Trinajstić information content (AvgIpc) is 2.55. The molecule has 0 radical (unpaired) electrons. The molecule has 0 amide bonds. The van der Waals surface area contributed by atoms with E-state index in [-0.39, 0.29) is 0 Å². The Morgan fingerprint density at radius 2 is 1.77 bits per heavy atom. The molecule has 110 valence electrons. The van der Waals surface area contributed by atoms with Gasteiger partial charge in [-0.15, -0.1) is 0 Å². The number of nitrogens with zero attached hydrogens (tertiary/aromatic N) is 1. The fourth-order valence-corrected chi connectivity index (χ4v) is 2.29. The molecule has 0 saturated heterocycles. The van der Waals surface area contributed by atoms with Crippen LogP contribution in [0.4, 0.5) is 0 Å². The first kappa shape index (κ1) is 14.1. The predicted molar refractivity (Wildman–Crippen MR) is 84.3 cm³/mol. The maximum absolute atomic E-state index is 11.6. The van der Waals surface area contributed by atoms with E-state index in [4.69, 9.17) is 9.47 Å². The Labute approximate surface area is 128 Å². The molecule has 4 nitrogen and oxygen atoms in total. The van der Waals surface area contributed by atoms with E-state index in [9.17, 15) is 4.79 Å². The van der Waals surface area contributed by atoms with Gasteiger partial charge in [-0.05, 0) is 42.6 Å². The minimum absolute atomic E-state index is 0.309. The van der Waals surface area contributed by atoms with Crippen molar-refractivity contribution in [2.45, 2.75) is 6.92 Å². The fraction of sp³-hybridized carbons (Fsp3) is 0.111. The van der Waals surface area contributed by atoms with Crippen LogP contribution in [-0.4, -0.2) is 18.1 Å². The minimum Gasteiger partial charge on any atom is -0.464 e. The molecule has 0 fully saturated rings. The number of pyridine rings is 1. The Hall–Kier alpha value is -2.88. The molecule has 0 N–H and O–H groups in total. The van der Waals surface area contributed by atoms with Crippen LogP contribution in [-0.2, 0) is 4.74 Å². The summed E-state index contributed by atoms with van der Waals surface area (Å²) < 4.78 is 10.5. The Morgan fingerprint density at radius 3 is 2.50 bits per heavy atom. The number of esters is 1. The number of carbonyl (C=O) groups excluding carboxylic acids is 1. The molecule has 22 heavy (non-hydrogen) atoms. The number of para-hydroxylation sites is 1. The second-order valence-corrected chi connectivity index (χ2v) is 4.88. The Morgan fingerprint density at radius 1 is 1.00 bits per heavy atom. The summed E-state index contributed by atoms with van der Waals surface area (Å²) in [5.41, 5.74) is 1.07. The lowest BCUT2D eigenvalue weighted by Gasteiger charge is -2.09. The van der Waals surface area contributed by atoms with Gasteiger partial charge in [0.25, 0.3) is 0 Å². The summed E-state index contributed by atoms with van der Waals surface area (Å²) in [5, 5.41) is 1.87. The number of fused-ring (bicyclic) bond motifs is 1. The van der Waals surface area contributed by atoms with Gasteiger partial charge in [0, 0.05) is 11.1 Å². The standard InChI is InChI=1S/C18H15NO3/c1-12-16-11-15(22-14-6-4-3-5-7-14)9-8-13(16)10-17(19-12)18(20)21-2/h3-11H,1-2H3. The van der Waals surface area contributed by atoms with Gasteiger partial charge in [-0.1, -0.05) is 24.3 Å². The number of aromatic nitrogens is 1. The largest absolute Gasteiger partial charge is 0.464 e. The normalized spacial score (nSPS) is 10.5. The molecule has 4 heteroatoms. The summed E-state index contributed by atoms with van der Waals surface area (Å²) in [7, 11) is 1.35. The van der Waals surface area contributed by atoms with Gasteiger partial charge in [-0.3, -0.25) is 0 Å². The van der Waals surface area contributed by atoms with Gasteiger partial charge >= 0.3 is 5.97 Å². The van der Waals surface area contributed by atoms with E-state index in [1.54, 1.807) is 6.07 Å². The molecule has 0 aliphatic rings. The van der Waals surface area contributed by atoms with Gasteiger partial charge in [0.15, 0.2) is 0 Å². The Bertz CT molecular complexity index is 828. The van der Waals surface area contributed by atoms with Crippen LogP contribution in [0, 0.1) is 6.92 Å². The van der Waals surface area contributed by atoms with Gasteiger partial charge in [-0.25, -0.2) is 9.78 Å². The molecule has 3 rings (SSSR count). The topological polar surface area (TPSA) is 48.4 Å². The Balaban J connectivity index is 2.00. The van der Waals surface area contributed by atoms with E-state index < -0.39 is 5.97 Å². The highest BCUT2D eigenvalue weighted by Gasteiger charge is 2.11. The van der Waals surface area contributed by atoms with Crippen molar-refractivity contribution in [3.63, 3.8) is 0 Å². The summed E-state index contributed by atoms with van der Waals surface area (Å²) in [6, 6.07) is 17.0. The maximum Gasteiger partial charge on any atom is 0.356 e. The van der Waals surface area contributed by atoms with E-state index in [1.165, 1.54) is 7.11 Å². The summed E-state index contributed by atoms with van der Waals surface area (Å²) in [4.78, 5) is 15.9. The van der Waals surface area contributed by atoms with Crippen molar-refractivity contribution in [3.05, 3.63) is 66.0 Å². The number of hydrogen-bond donors (Lipinski definition) is 0. The number of methoxy groups -OCH3 is 1. The van der Waals surface area contributed by atoms with Crippen LogP contribution in [0.3, 0.4) is 0 Å². The molecule has 1 aromatic heterocycles. The summed E-state index contributed by atoms with van der Waals surface area (Å²) in [6.07, 6.45) is 0. The van der Waals surface area contributed by atoms with E-state index in [0.29, 0.717) is 5.69 Å². The fourth-order valence-electron chi connectivity index (χ4n) is 2.29. The van der Waals surface area contributed by atoms with Crippen molar-refractivity contribution in [2.75, 3.05) is 7.11 Å². The van der Waals surface area contributed by atoms with E-state index in [0.717, 1.165) is 28.0 Å². The third-order valence-corrected chi connectivity index (χ3v) is 3.37. The highest BCUT2D eigenvalue weighted by atomic mass is 16.5. The van der Waals surface area contributed by atoms with Crippen molar-refractivity contribution in [1.82, 2.24) is 4.98 Å². The zero-order valence-electron chi connectivity index (χ0n) is 12.4. The SMILES string of the molecule is COC(=O)c1cc2ccc(Oc3ccccc3)cc2c(C)n1. The van der Waals surface area contributed by atoms with Crippen LogP contribution in [0.1, 0.15) is 16.2 Å². The molecule has 0 aliphatic heterocycles. The molecule has 0 atom stereocenters. The first-order valence-electron chi connectivity index (χ1n) is 6.90. The van der Waals surface area contributed by atoms with Crippen LogP contribution >= 0.6 is 0 Å². The lowest BCUT2D eigenvalue weighted by Crippen LogP contribution is -2.05. The molecule has 3 aromatic rings. The number of aryl methyl sites for hydroxylation is 1. The van der Waals surface area contributed by atoms with Crippen molar-refractivity contribution in [3.8, 4) is 11.5 Å². The number of rotatable bonds is 3. The average molecular weight is 293 g/mol. The van der Waals surface area contributed by atoms with Crippen LogP contribution in [0.2, 0.25) is 0 Å². The van der Waals surface area contributed by atoms with Crippen LogP contribution in [0.25, 0.3) is 10.8 Å². The zero-order chi connectivity index (χ0) is 15.5. The molecule has 0 aliphatic carbocycles. The summed E-state index contributed by atoms with van der Waals surface area (Å²) in [6.45, 7) is 1.86. The first-order valence-corrected chi connectivity index (χ1v) is 6.90. The Kier molecular flexibility index (Phi) is 3.74. The molecular formula is C18H15NO3. The third-order valence-electron chi connectivity index (χ3n) is 3.37. The number of carbonyl (C=O) groups is 1. The van der Waals surface area contributed by atoms with Gasteiger partial charge in [0.05, 0.1) is 7.11 Å². The smallest absolute Gasteiger partial charge is 0.356 e. The van der Waals surface area contributed by atoms with Crippen LogP contribution < -0.4 is 4.74 Å². The first-order chi connectivity index (χ1) is 10.7. The van der Waals surface area contributed by atoms with Gasteiger partial charge in [-0.2, -0.15) is 0 Å². The summed E-state index contributed by atoms with van der Waals surface area (Å²) in [5.74, 6) is 1.07. The molecule has 2 aromatic carbocycles. The van der Waals surface area contributed by atoms with Crippen molar-refractivity contribution in [1.29, 1.82) is 0 Å². The number of benzene rings is 2. The summed E-state index contributed by atoms with van der Waals surface area (Å²) >= 11 is 0. The molecule has 1 heterocycles. The van der Waals surface area contributed by atoms with E-state index in [1.807, 2.05) is 55.5 Å². The second-order valence-electron chi connectivity index (χ2n) is 4.88. The van der Waals surface area contributed by atoms with Gasteiger partial charge in [0.2, 0.25) is 0 Å². The van der Waals surface area contributed by atoms with Crippen molar-refractivity contribution < 1.29 is 14.3 Å². The quantitative estimate of drug-likeness (QED) is 0.681. The predicted octanol–water partition coefficient (Wildman–Crippen LogP) is 4.12. The molecular weight excluding hydrogens is 278 g/mol. The minimum atomic E-state index is -0.436. The molecule has 0 saturated carbocycles. The third kappa shape index (κ3) is 2.76. The molecule has 0 spiro atoms. The van der Waals surface area contributed by atoms with Crippen LogP contribution in [0.15, 0.2) is 54.6 Å². The highest BCUT2D eigenvalue weighted by Crippen LogP contribution is 2.27. The van der Waals surface area contributed by atoms with Crippen molar-refractivity contribution in [2.24, 2.45) is 0 Å². The number of ether oxygens (including phenoxy) is 2. The lowest BCUT2D eigenvalue weighted by atomic mass is 10.1. The van der Waals surface area contributed by atoms with Crippen LogP contribution in [0.5, 0.6) is 11.5 Å². The molecule has 0 unspecified atom stereocenters. The van der Waals surface area contributed by atoms with E-state index >= 15 is 0 Å².